The lowest BCUT2D eigenvalue weighted by molar-refractivity contribution is -0.141. The second-order valence-electron chi connectivity index (χ2n) is 6.36. The fourth-order valence-corrected chi connectivity index (χ4v) is 5.00. The first-order valence-electron chi connectivity index (χ1n) is 7.82. The van der Waals surface area contributed by atoms with Gasteiger partial charge >= 0.3 is 0 Å². The summed E-state index contributed by atoms with van der Waals surface area (Å²) in [6.45, 7) is 3.04. The van der Waals surface area contributed by atoms with Crippen LogP contribution in [0, 0.1) is 5.92 Å². The molecule has 2 unspecified atom stereocenters. The Labute approximate surface area is 134 Å². The molecule has 3 aliphatic heterocycles. The molecule has 0 bridgehead atoms. The van der Waals surface area contributed by atoms with Crippen molar-refractivity contribution < 1.29 is 14.3 Å². The summed E-state index contributed by atoms with van der Waals surface area (Å²) >= 11 is 1.94. The third-order valence-corrected chi connectivity index (χ3v) is 6.22. The summed E-state index contributed by atoms with van der Waals surface area (Å²) in [7, 11) is 0. The van der Waals surface area contributed by atoms with E-state index in [-0.39, 0.29) is 22.7 Å². The highest BCUT2D eigenvalue weighted by Crippen LogP contribution is 2.46. The topological polar surface area (TPSA) is 51.7 Å². The average Bonchev–Trinajstić information content (AvgIpc) is 3.16. The number of pyridine rings is 1. The van der Waals surface area contributed by atoms with Crippen LogP contribution in [0.25, 0.3) is 0 Å². The van der Waals surface area contributed by atoms with Crippen LogP contribution in [0.5, 0.6) is 5.88 Å². The molecule has 1 aromatic rings. The van der Waals surface area contributed by atoms with Gasteiger partial charge in [-0.1, -0.05) is 6.07 Å². The molecule has 1 aromatic heterocycles. The van der Waals surface area contributed by atoms with E-state index in [0.717, 1.165) is 38.3 Å². The Kier molecular flexibility index (Phi) is 3.74. The summed E-state index contributed by atoms with van der Waals surface area (Å²) in [6.07, 6.45) is 3.83. The predicted molar refractivity (Wildman–Crippen MR) is 84.0 cm³/mol. The van der Waals surface area contributed by atoms with Gasteiger partial charge in [-0.3, -0.25) is 4.79 Å². The van der Waals surface area contributed by atoms with Crippen molar-refractivity contribution in [3.63, 3.8) is 0 Å². The van der Waals surface area contributed by atoms with Crippen LogP contribution < -0.4 is 4.74 Å². The van der Waals surface area contributed by atoms with E-state index in [9.17, 15) is 4.79 Å². The SMILES string of the molecule is O=C(C1CCOC1)N1CC2(CC(Oc3ccccn3)CS2)C1. The zero-order valence-corrected chi connectivity index (χ0v) is 13.3. The number of likely N-dealkylation sites (tertiary alicyclic amines) is 1. The minimum atomic E-state index is 0.0873. The highest BCUT2D eigenvalue weighted by atomic mass is 32.2. The van der Waals surface area contributed by atoms with Crippen LogP contribution >= 0.6 is 11.8 Å². The zero-order chi connectivity index (χ0) is 15.0. The van der Waals surface area contributed by atoms with Crippen molar-refractivity contribution in [2.24, 2.45) is 5.92 Å². The number of aromatic nitrogens is 1. The van der Waals surface area contributed by atoms with Gasteiger partial charge in [0, 0.05) is 44.1 Å². The van der Waals surface area contributed by atoms with Crippen LogP contribution in [0.2, 0.25) is 0 Å². The Bertz CT molecular complexity index is 542. The molecule has 0 radical (unpaired) electrons. The van der Waals surface area contributed by atoms with Crippen molar-refractivity contribution in [1.82, 2.24) is 9.88 Å². The molecule has 3 saturated heterocycles. The van der Waals surface area contributed by atoms with Crippen molar-refractivity contribution in [2.75, 3.05) is 32.1 Å². The van der Waals surface area contributed by atoms with E-state index in [1.165, 1.54) is 0 Å². The summed E-state index contributed by atoms with van der Waals surface area (Å²) in [5, 5.41) is 0. The first kappa shape index (κ1) is 14.3. The molecule has 0 aliphatic carbocycles. The van der Waals surface area contributed by atoms with Crippen LogP contribution in [0.1, 0.15) is 12.8 Å². The molecule has 118 valence electrons. The van der Waals surface area contributed by atoms with Gasteiger partial charge in [-0.2, -0.15) is 0 Å². The second kappa shape index (κ2) is 5.74. The largest absolute Gasteiger partial charge is 0.473 e. The van der Waals surface area contributed by atoms with Crippen LogP contribution in [0.15, 0.2) is 24.4 Å². The maximum Gasteiger partial charge on any atom is 0.228 e. The summed E-state index contributed by atoms with van der Waals surface area (Å²) in [4.78, 5) is 18.6. The van der Waals surface area contributed by atoms with Gasteiger partial charge in [-0.15, -0.1) is 11.8 Å². The first-order chi connectivity index (χ1) is 10.7. The molecule has 1 amide bonds. The van der Waals surface area contributed by atoms with Crippen LogP contribution in [0.4, 0.5) is 0 Å². The minimum Gasteiger partial charge on any atom is -0.473 e. The van der Waals surface area contributed by atoms with E-state index >= 15 is 0 Å². The van der Waals surface area contributed by atoms with Gasteiger partial charge in [-0.05, 0) is 12.5 Å². The van der Waals surface area contributed by atoms with E-state index in [0.29, 0.717) is 12.5 Å². The minimum absolute atomic E-state index is 0.0873. The van der Waals surface area contributed by atoms with E-state index in [1.54, 1.807) is 6.20 Å². The second-order valence-corrected chi connectivity index (χ2v) is 7.85. The standard InChI is InChI=1S/C16H20N2O3S/c19-15(12-4-6-20-8-12)18-10-16(11-18)7-13(9-22-16)21-14-3-1-2-5-17-14/h1-3,5,12-13H,4,6-11H2. The van der Waals surface area contributed by atoms with Crippen LogP contribution in [-0.4, -0.2) is 58.7 Å². The van der Waals surface area contributed by atoms with E-state index in [1.807, 2.05) is 34.9 Å². The number of amides is 1. The van der Waals surface area contributed by atoms with E-state index in [2.05, 4.69) is 4.98 Å². The fraction of sp³-hybridized carbons (Fsp3) is 0.625. The first-order valence-corrected chi connectivity index (χ1v) is 8.81. The number of hydrogen-bond acceptors (Lipinski definition) is 5. The quantitative estimate of drug-likeness (QED) is 0.846. The van der Waals surface area contributed by atoms with Gasteiger partial charge < -0.3 is 14.4 Å². The van der Waals surface area contributed by atoms with Crippen LogP contribution in [-0.2, 0) is 9.53 Å². The van der Waals surface area contributed by atoms with Gasteiger partial charge in [0.25, 0.3) is 0 Å². The molecular formula is C16H20N2O3S. The molecule has 0 N–H and O–H groups in total. The molecule has 4 rings (SSSR count). The summed E-state index contributed by atoms with van der Waals surface area (Å²) < 4.78 is 11.5. The Hall–Kier alpha value is -1.27. The molecule has 1 spiro atoms. The lowest BCUT2D eigenvalue weighted by atomic mass is 9.91. The maximum absolute atomic E-state index is 12.3. The Morgan fingerprint density at radius 3 is 3.09 bits per heavy atom. The predicted octanol–water partition coefficient (Wildman–Crippen LogP) is 1.58. The number of thioether (sulfide) groups is 1. The summed E-state index contributed by atoms with van der Waals surface area (Å²) in [5.41, 5.74) is 0. The number of carbonyl (C=O) groups is 1. The number of rotatable bonds is 3. The number of nitrogens with zero attached hydrogens (tertiary/aromatic N) is 2. The molecule has 22 heavy (non-hydrogen) atoms. The smallest absolute Gasteiger partial charge is 0.228 e. The Morgan fingerprint density at radius 1 is 1.45 bits per heavy atom. The molecule has 6 heteroatoms. The Balaban J connectivity index is 1.29. The zero-order valence-electron chi connectivity index (χ0n) is 12.4. The summed E-state index contributed by atoms with van der Waals surface area (Å²) in [5.74, 6) is 2.04. The Morgan fingerprint density at radius 2 is 2.36 bits per heavy atom. The molecule has 2 atom stereocenters. The molecule has 5 nitrogen and oxygen atoms in total. The molecule has 4 heterocycles. The van der Waals surface area contributed by atoms with Crippen molar-refractivity contribution in [3.05, 3.63) is 24.4 Å². The average molecular weight is 320 g/mol. The third-order valence-electron chi connectivity index (χ3n) is 4.65. The van der Waals surface area contributed by atoms with Crippen molar-refractivity contribution in [1.29, 1.82) is 0 Å². The van der Waals surface area contributed by atoms with Crippen LogP contribution in [0.3, 0.4) is 0 Å². The highest BCUT2D eigenvalue weighted by Gasteiger charge is 2.52. The van der Waals surface area contributed by atoms with Gasteiger partial charge in [-0.25, -0.2) is 4.98 Å². The van der Waals surface area contributed by atoms with Gasteiger partial charge in [0.15, 0.2) is 0 Å². The number of ether oxygens (including phenoxy) is 2. The lowest BCUT2D eigenvalue weighted by Crippen LogP contribution is -2.62. The highest BCUT2D eigenvalue weighted by molar-refractivity contribution is 8.01. The normalized spacial score (nSPS) is 29.5. The van der Waals surface area contributed by atoms with Gasteiger partial charge in [0.05, 0.1) is 17.3 Å². The van der Waals surface area contributed by atoms with Gasteiger partial charge in [0.2, 0.25) is 11.8 Å². The van der Waals surface area contributed by atoms with E-state index in [4.69, 9.17) is 9.47 Å². The number of hydrogen-bond donors (Lipinski definition) is 0. The van der Waals surface area contributed by atoms with E-state index < -0.39 is 0 Å². The fourth-order valence-electron chi connectivity index (χ4n) is 3.48. The molecule has 0 aromatic carbocycles. The molecular weight excluding hydrogens is 300 g/mol. The lowest BCUT2D eigenvalue weighted by Gasteiger charge is -2.48. The maximum atomic E-state index is 12.3. The summed E-state index contributed by atoms with van der Waals surface area (Å²) in [6, 6.07) is 5.72. The van der Waals surface area contributed by atoms with Gasteiger partial charge in [0.1, 0.15) is 6.10 Å². The van der Waals surface area contributed by atoms with Crippen molar-refractivity contribution in [2.45, 2.75) is 23.7 Å². The molecule has 3 aliphatic rings. The monoisotopic (exact) mass is 320 g/mol. The molecule has 3 fully saturated rings. The van der Waals surface area contributed by atoms with Crippen molar-refractivity contribution >= 4 is 17.7 Å². The molecule has 0 saturated carbocycles. The van der Waals surface area contributed by atoms with Crippen molar-refractivity contribution in [3.8, 4) is 5.88 Å². The third kappa shape index (κ3) is 2.70. The number of carbonyl (C=O) groups excluding carboxylic acids is 1.